The number of methoxy groups -OCH3 is 1. The van der Waals surface area contributed by atoms with Crippen LogP contribution in [0.25, 0.3) is 0 Å². The van der Waals surface area contributed by atoms with Gasteiger partial charge in [0.1, 0.15) is 17.5 Å². The van der Waals surface area contributed by atoms with Gasteiger partial charge in [0.05, 0.1) is 18.7 Å². The van der Waals surface area contributed by atoms with Gasteiger partial charge in [-0.1, -0.05) is 29.8 Å². The van der Waals surface area contributed by atoms with E-state index in [2.05, 4.69) is 0 Å². The monoisotopic (exact) mass is 303 g/mol. The average Bonchev–Trinajstić information content (AvgIpc) is 2.50. The van der Waals surface area contributed by atoms with Gasteiger partial charge in [-0.3, -0.25) is 4.79 Å². The number of hydrogen-bond donors (Lipinski definition) is 0. The fourth-order valence-corrected chi connectivity index (χ4v) is 2.19. The predicted molar refractivity (Wildman–Crippen MR) is 77.1 cm³/mol. The minimum Gasteiger partial charge on any atom is -0.496 e. The summed E-state index contributed by atoms with van der Waals surface area (Å²) >= 11 is 5.79. The number of halogens is 2. The molecule has 0 amide bonds. The van der Waals surface area contributed by atoms with Gasteiger partial charge in [-0.15, -0.1) is 0 Å². The first-order chi connectivity index (χ1) is 10.1. The van der Waals surface area contributed by atoms with Crippen molar-refractivity contribution >= 4 is 17.4 Å². The number of carbonyl (C=O) groups is 1. The Labute approximate surface area is 126 Å². The summed E-state index contributed by atoms with van der Waals surface area (Å²) in [4.78, 5) is 12.4. The van der Waals surface area contributed by atoms with Crippen LogP contribution in [-0.2, 0) is 0 Å². The maximum atomic E-state index is 13.8. The zero-order chi connectivity index (χ0) is 15.4. The summed E-state index contributed by atoms with van der Waals surface area (Å²) in [7, 11) is 1.44. The number of nitrogens with zero attached hydrogens (tertiary/aromatic N) is 1. The number of para-hydroxylation sites is 1. The topological polar surface area (TPSA) is 50.1 Å². The van der Waals surface area contributed by atoms with Crippen LogP contribution in [0.4, 0.5) is 4.39 Å². The lowest BCUT2D eigenvalue weighted by Gasteiger charge is -2.13. The Morgan fingerprint density at radius 1 is 1.33 bits per heavy atom. The normalized spacial score (nSPS) is 11.5. The number of hydrogen-bond acceptors (Lipinski definition) is 3. The van der Waals surface area contributed by atoms with Crippen molar-refractivity contribution < 1.29 is 13.9 Å². The third-order valence-electron chi connectivity index (χ3n) is 3.04. The van der Waals surface area contributed by atoms with Crippen LogP contribution in [0.3, 0.4) is 0 Å². The first-order valence-corrected chi connectivity index (χ1v) is 6.48. The van der Waals surface area contributed by atoms with Crippen molar-refractivity contribution in [3.63, 3.8) is 0 Å². The van der Waals surface area contributed by atoms with Gasteiger partial charge < -0.3 is 4.74 Å². The molecule has 0 aliphatic rings. The van der Waals surface area contributed by atoms with Gasteiger partial charge in [0.25, 0.3) is 0 Å². The van der Waals surface area contributed by atoms with Crippen molar-refractivity contribution in [3.05, 3.63) is 64.4 Å². The van der Waals surface area contributed by atoms with Crippen molar-refractivity contribution in [2.75, 3.05) is 7.11 Å². The van der Waals surface area contributed by atoms with Crippen molar-refractivity contribution in [2.24, 2.45) is 0 Å². The Bertz CT molecular complexity index is 724. The fraction of sp³-hybridized carbons (Fsp3) is 0.125. The summed E-state index contributed by atoms with van der Waals surface area (Å²) in [5, 5.41) is 9.54. The molecule has 0 saturated heterocycles. The lowest BCUT2D eigenvalue weighted by molar-refractivity contribution is 0.0974. The van der Waals surface area contributed by atoms with E-state index in [1.54, 1.807) is 24.3 Å². The van der Waals surface area contributed by atoms with E-state index in [0.717, 1.165) is 6.07 Å². The molecule has 2 aromatic rings. The second kappa shape index (κ2) is 6.38. The van der Waals surface area contributed by atoms with Crippen LogP contribution >= 0.6 is 11.6 Å². The first-order valence-electron chi connectivity index (χ1n) is 6.10. The largest absolute Gasteiger partial charge is 0.496 e. The van der Waals surface area contributed by atoms with Crippen molar-refractivity contribution in [3.8, 4) is 11.8 Å². The second-order valence-electron chi connectivity index (χ2n) is 4.29. The highest BCUT2D eigenvalue weighted by atomic mass is 35.5. The molecule has 2 rings (SSSR count). The SMILES string of the molecule is COc1ccccc1C(C#N)C(=O)c1cc(Cl)ccc1F. The Morgan fingerprint density at radius 3 is 2.71 bits per heavy atom. The van der Waals surface area contributed by atoms with Gasteiger partial charge in [-0.2, -0.15) is 5.26 Å². The number of ether oxygens (including phenoxy) is 1. The molecule has 2 aromatic carbocycles. The van der Waals surface area contributed by atoms with Crippen molar-refractivity contribution in [2.45, 2.75) is 5.92 Å². The standard InChI is InChI=1S/C16H11ClFNO2/c1-21-15-5-3-2-4-11(15)13(9-19)16(20)12-8-10(17)6-7-14(12)18/h2-8,13H,1H3. The Hall–Kier alpha value is -2.38. The maximum Gasteiger partial charge on any atom is 0.187 e. The summed E-state index contributed by atoms with van der Waals surface area (Å²) < 4.78 is 18.9. The van der Waals surface area contributed by atoms with E-state index in [4.69, 9.17) is 16.3 Å². The third kappa shape index (κ3) is 3.04. The van der Waals surface area contributed by atoms with Crippen LogP contribution in [-0.4, -0.2) is 12.9 Å². The second-order valence-corrected chi connectivity index (χ2v) is 4.73. The molecule has 106 valence electrons. The van der Waals surface area contributed by atoms with Gasteiger partial charge in [-0.25, -0.2) is 4.39 Å². The Morgan fingerprint density at radius 2 is 2.05 bits per heavy atom. The molecule has 5 heteroatoms. The van der Waals surface area contributed by atoms with Gasteiger partial charge in [0, 0.05) is 10.6 Å². The lowest BCUT2D eigenvalue weighted by Crippen LogP contribution is -2.14. The minimum atomic E-state index is -1.16. The first kappa shape index (κ1) is 15.0. The van der Waals surface area contributed by atoms with Crippen LogP contribution in [0, 0.1) is 17.1 Å². The molecule has 0 aliphatic carbocycles. The third-order valence-corrected chi connectivity index (χ3v) is 3.27. The van der Waals surface area contributed by atoms with Gasteiger partial charge in [-0.05, 0) is 24.3 Å². The van der Waals surface area contributed by atoms with Crippen molar-refractivity contribution in [1.29, 1.82) is 5.26 Å². The molecule has 0 aromatic heterocycles. The molecule has 0 saturated carbocycles. The Balaban J connectivity index is 2.49. The predicted octanol–water partition coefficient (Wildman–Crippen LogP) is 3.98. The fourth-order valence-electron chi connectivity index (χ4n) is 2.02. The van der Waals surface area contributed by atoms with E-state index in [1.807, 2.05) is 6.07 Å². The smallest absolute Gasteiger partial charge is 0.187 e. The number of rotatable bonds is 4. The molecular weight excluding hydrogens is 293 g/mol. The van der Waals surface area contributed by atoms with E-state index < -0.39 is 17.5 Å². The molecule has 1 unspecified atom stereocenters. The number of benzene rings is 2. The molecule has 0 heterocycles. The molecule has 0 radical (unpaired) electrons. The van der Waals surface area contributed by atoms with E-state index in [9.17, 15) is 14.4 Å². The quantitative estimate of drug-likeness (QED) is 0.803. The van der Waals surface area contributed by atoms with Crippen LogP contribution in [0.15, 0.2) is 42.5 Å². The van der Waals surface area contributed by atoms with E-state index >= 15 is 0 Å². The zero-order valence-corrected chi connectivity index (χ0v) is 11.9. The molecule has 3 nitrogen and oxygen atoms in total. The number of nitriles is 1. The van der Waals surface area contributed by atoms with Gasteiger partial charge >= 0.3 is 0 Å². The molecule has 0 N–H and O–H groups in total. The van der Waals surface area contributed by atoms with Crippen LogP contribution in [0.5, 0.6) is 5.75 Å². The molecule has 21 heavy (non-hydrogen) atoms. The number of carbonyl (C=O) groups excluding carboxylic acids is 1. The molecule has 1 atom stereocenters. The molecule has 0 spiro atoms. The number of Topliss-reactive ketones (excluding diaryl/α,β-unsaturated/α-hetero) is 1. The van der Waals surface area contributed by atoms with Crippen LogP contribution < -0.4 is 4.74 Å². The van der Waals surface area contributed by atoms with Gasteiger partial charge in [0.2, 0.25) is 0 Å². The molecular formula is C16H11ClFNO2. The Kier molecular flexibility index (Phi) is 4.56. The molecule has 0 bridgehead atoms. The van der Waals surface area contributed by atoms with Crippen LogP contribution in [0.2, 0.25) is 5.02 Å². The summed E-state index contributed by atoms with van der Waals surface area (Å²) in [5.41, 5.74) is 0.187. The van der Waals surface area contributed by atoms with Crippen LogP contribution in [0.1, 0.15) is 21.8 Å². The van der Waals surface area contributed by atoms with E-state index in [1.165, 1.54) is 19.2 Å². The zero-order valence-electron chi connectivity index (χ0n) is 11.1. The van der Waals surface area contributed by atoms with Gasteiger partial charge in [0.15, 0.2) is 5.78 Å². The molecule has 0 aliphatic heterocycles. The lowest BCUT2D eigenvalue weighted by atomic mass is 9.91. The highest BCUT2D eigenvalue weighted by Crippen LogP contribution is 2.30. The summed E-state index contributed by atoms with van der Waals surface area (Å²) in [6.45, 7) is 0. The average molecular weight is 304 g/mol. The highest BCUT2D eigenvalue weighted by Gasteiger charge is 2.27. The minimum absolute atomic E-state index is 0.208. The number of ketones is 1. The highest BCUT2D eigenvalue weighted by molar-refractivity contribution is 6.31. The summed E-state index contributed by atoms with van der Waals surface area (Å²) in [6, 6.07) is 12.2. The van der Waals surface area contributed by atoms with E-state index in [-0.39, 0.29) is 10.6 Å². The van der Waals surface area contributed by atoms with E-state index in [0.29, 0.717) is 11.3 Å². The summed E-state index contributed by atoms with van der Waals surface area (Å²) in [6.07, 6.45) is 0. The molecule has 0 fully saturated rings. The maximum absolute atomic E-state index is 13.8. The summed E-state index contributed by atoms with van der Waals surface area (Å²) in [5.74, 6) is -2.12. The van der Waals surface area contributed by atoms with Crippen molar-refractivity contribution in [1.82, 2.24) is 0 Å².